The molecule has 1 aromatic rings. The highest BCUT2D eigenvalue weighted by atomic mass is 35.5. The van der Waals surface area contributed by atoms with E-state index in [1.165, 1.54) is 18.2 Å². The Morgan fingerprint density at radius 1 is 1.23 bits per heavy atom. The van der Waals surface area contributed by atoms with Gasteiger partial charge in [0.2, 0.25) is 0 Å². The number of carbonyl (C=O) groups is 4. The molecule has 1 aliphatic rings. The van der Waals surface area contributed by atoms with Crippen molar-refractivity contribution in [3.05, 3.63) is 34.4 Å². The van der Waals surface area contributed by atoms with Gasteiger partial charge in [0.05, 0.1) is 0 Å². The Morgan fingerprint density at radius 3 is 2.45 bits per heavy atom. The highest BCUT2D eigenvalue weighted by Crippen LogP contribution is 2.25. The molecule has 114 valence electrons. The molecule has 0 spiro atoms. The zero-order valence-corrected chi connectivity index (χ0v) is 11.6. The average Bonchev–Trinajstić information content (AvgIpc) is 2.41. The second-order valence-electron chi connectivity index (χ2n) is 4.16. The standard InChI is InChI=1S/C13H9ClN2O6/c14-7-1-2-9(22-5-10(17)18)6(3-7)4-8-11(19)15-13(21)16-12(8)20/h1-4H,5H2,(H,17,18)(H2,15,16,19,20,21). The molecule has 0 atom stereocenters. The quantitative estimate of drug-likeness (QED) is 0.549. The van der Waals surface area contributed by atoms with Crippen LogP contribution in [0.15, 0.2) is 23.8 Å². The van der Waals surface area contributed by atoms with Crippen LogP contribution in [0.5, 0.6) is 5.75 Å². The molecule has 0 aromatic heterocycles. The summed E-state index contributed by atoms with van der Waals surface area (Å²) in [5, 5.41) is 12.8. The monoisotopic (exact) mass is 324 g/mol. The van der Waals surface area contributed by atoms with Gasteiger partial charge in [-0.15, -0.1) is 0 Å². The summed E-state index contributed by atoms with van der Waals surface area (Å²) < 4.78 is 5.05. The molecule has 9 heteroatoms. The third-order valence-electron chi connectivity index (χ3n) is 2.57. The van der Waals surface area contributed by atoms with Gasteiger partial charge in [-0.3, -0.25) is 20.2 Å². The molecule has 0 radical (unpaired) electrons. The second-order valence-corrected chi connectivity index (χ2v) is 4.60. The molecular formula is C13H9ClN2O6. The predicted molar refractivity (Wildman–Crippen MR) is 74.2 cm³/mol. The lowest BCUT2D eigenvalue weighted by atomic mass is 10.1. The lowest BCUT2D eigenvalue weighted by Gasteiger charge is -2.15. The van der Waals surface area contributed by atoms with Gasteiger partial charge in [-0.1, -0.05) is 11.6 Å². The first-order chi connectivity index (χ1) is 10.4. The van der Waals surface area contributed by atoms with Crippen LogP contribution in [-0.2, 0) is 14.4 Å². The van der Waals surface area contributed by atoms with Crippen LogP contribution in [0, 0.1) is 0 Å². The van der Waals surface area contributed by atoms with E-state index >= 15 is 0 Å². The Labute approximate surface area is 128 Å². The van der Waals surface area contributed by atoms with Crippen LogP contribution in [0.2, 0.25) is 5.02 Å². The summed E-state index contributed by atoms with van der Waals surface area (Å²) in [5.41, 5.74) is -0.106. The van der Waals surface area contributed by atoms with Crippen molar-refractivity contribution in [2.45, 2.75) is 0 Å². The van der Waals surface area contributed by atoms with Crippen LogP contribution in [-0.4, -0.2) is 35.5 Å². The van der Waals surface area contributed by atoms with Crippen LogP contribution < -0.4 is 15.4 Å². The van der Waals surface area contributed by atoms with Crippen molar-refractivity contribution in [2.24, 2.45) is 0 Å². The lowest BCUT2D eigenvalue weighted by molar-refractivity contribution is -0.139. The van der Waals surface area contributed by atoms with E-state index in [0.29, 0.717) is 5.02 Å². The van der Waals surface area contributed by atoms with Crippen molar-refractivity contribution in [2.75, 3.05) is 6.61 Å². The third kappa shape index (κ3) is 3.61. The summed E-state index contributed by atoms with van der Waals surface area (Å²) >= 11 is 5.84. The maximum Gasteiger partial charge on any atom is 0.341 e. The Kier molecular flexibility index (Phi) is 4.42. The Morgan fingerprint density at radius 2 is 1.86 bits per heavy atom. The first kappa shape index (κ1) is 15.5. The smallest absolute Gasteiger partial charge is 0.341 e. The molecule has 1 aliphatic heterocycles. The topological polar surface area (TPSA) is 122 Å². The predicted octanol–water partition coefficient (Wildman–Crippen LogP) is 0.553. The van der Waals surface area contributed by atoms with E-state index in [9.17, 15) is 19.2 Å². The van der Waals surface area contributed by atoms with Gasteiger partial charge in [-0.05, 0) is 24.3 Å². The molecule has 2 rings (SSSR count). The van der Waals surface area contributed by atoms with E-state index in [-0.39, 0.29) is 16.9 Å². The maximum absolute atomic E-state index is 11.7. The van der Waals surface area contributed by atoms with E-state index in [4.69, 9.17) is 21.4 Å². The Hall–Kier alpha value is -2.87. The minimum atomic E-state index is -1.19. The van der Waals surface area contributed by atoms with Crippen molar-refractivity contribution in [3.63, 3.8) is 0 Å². The largest absolute Gasteiger partial charge is 0.481 e. The number of nitrogens with one attached hydrogen (secondary N) is 2. The number of hydrogen-bond donors (Lipinski definition) is 3. The number of aliphatic carboxylic acids is 1. The van der Waals surface area contributed by atoms with E-state index in [2.05, 4.69) is 0 Å². The molecule has 4 amide bonds. The lowest BCUT2D eigenvalue weighted by Crippen LogP contribution is -2.51. The second kappa shape index (κ2) is 6.27. The fourth-order valence-corrected chi connectivity index (χ4v) is 1.85. The zero-order valence-electron chi connectivity index (χ0n) is 10.9. The number of barbiturate groups is 1. The van der Waals surface area contributed by atoms with Gasteiger partial charge in [0, 0.05) is 10.6 Å². The number of carboxylic acid groups (broad SMARTS) is 1. The molecule has 0 unspecified atom stereocenters. The van der Waals surface area contributed by atoms with Gasteiger partial charge < -0.3 is 9.84 Å². The number of carboxylic acids is 1. The molecule has 1 fully saturated rings. The van der Waals surface area contributed by atoms with Gasteiger partial charge >= 0.3 is 12.0 Å². The van der Waals surface area contributed by atoms with Gasteiger partial charge in [-0.25, -0.2) is 9.59 Å². The van der Waals surface area contributed by atoms with Crippen LogP contribution >= 0.6 is 11.6 Å². The number of ether oxygens (including phenoxy) is 1. The third-order valence-corrected chi connectivity index (χ3v) is 2.80. The number of urea groups is 1. The first-order valence-corrected chi connectivity index (χ1v) is 6.27. The molecule has 22 heavy (non-hydrogen) atoms. The van der Waals surface area contributed by atoms with Crippen molar-refractivity contribution >= 4 is 41.5 Å². The molecule has 1 heterocycles. The highest BCUT2D eigenvalue weighted by Gasteiger charge is 2.28. The molecule has 0 aliphatic carbocycles. The molecule has 3 N–H and O–H groups in total. The summed E-state index contributed by atoms with van der Waals surface area (Å²) in [6.45, 7) is -0.602. The van der Waals surface area contributed by atoms with Crippen molar-refractivity contribution in [1.29, 1.82) is 0 Å². The Bertz CT molecular complexity index is 690. The number of rotatable bonds is 4. The summed E-state index contributed by atoms with van der Waals surface area (Å²) in [7, 11) is 0. The van der Waals surface area contributed by atoms with Gasteiger partial charge in [0.15, 0.2) is 6.61 Å². The van der Waals surface area contributed by atoms with Crippen LogP contribution in [0.1, 0.15) is 5.56 Å². The summed E-state index contributed by atoms with van der Waals surface area (Å²) in [4.78, 5) is 44.8. The molecule has 8 nitrogen and oxygen atoms in total. The molecule has 1 saturated heterocycles. The maximum atomic E-state index is 11.7. The van der Waals surface area contributed by atoms with Gasteiger partial charge in [-0.2, -0.15) is 0 Å². The number of hydrogen-bond acceptors (Lipinski definition) is 5. The van der Waals surface area contributed by atoms with Crippen molar-refractivity contribution in [1.82, 2.24) is 10.6 Å². The fraction of sp³-hybridized carbons (Fsp3) is 0.0769. The summed E-state index contributed by atoms with van der Waals surface area (Å²) in [6, 6.07) is 3.34. The highest BCUT2D eigenvalue weighted by molar-refractivity contribution is 6.32. The van der Waals surface area contributed by atoms with E-state index < -0.39 is 30.4 Å². The zero-order chi connectivity index (χ0) is 16.3. The van der Waals surface area contributed by atoms with Crippen molar-refractivity contribution < 1.29 is 29.0 Å². The summed E-state index contributed by atoms with van der Waals surface area (Å²) in [5.74, 6) is -2.82. The molecular weight excluding hydrogens is 316 g/mol. The van der Waals surface area contributed by atoms with E-state index in [0.717, 1.165) is 6.08 Å². The minimum Gasteiger partial charge on any atom is -0.481 e. The Balaban J connectivity index is 2.38. The number of benzene rings is 1. The normalized spacial score (nSPS) is 14.2. The van der Waals surface area contributed by atoms with E-state index in [1.807, 2.05) is 10.6 Å². The van der Waals surface area contributed by atoms with E-state index in [1.54, 1.807) is 0 Å². The summed E-state index contributed by atoms with van der Waals surface area (Å²) in [6.07, 6.45) is 1.15. The van der Waals surface area contributed by atoms with Crippen LogP contribution in [0.4, 0.5) is 4.79 Å². The number of halogens is 1. The van der Waals surface area contributed by atoms with Crippen LogP contribution in [0.3, 0.4) is 0 Å². The molecule has 1 aromatic carbocycles. The van der Waals surface area contributed by atoms with Crippen molar-refractivity contribution in [3.8, 4) is 5.75 Å². The van der Waals surface area contributed by atoms with Gasteiger partial charge in [0.1, 0.15) is 11.3 Å². The number of imide groups is 2. The number of amides is 4. The SMILES string of the molecule is O=C(O)COc1ccc(Cl)cc1C=C1C(=O)NC(=O)NC1=O. The number of carbonyl (C=O) groups excluding carboxylic acids is 3. The van der Waals surface area contributed by atoms with Crippen LogP contribution in [0.25, 0.3) is 6.08 Å². The fourth-order valence-electron chi connectivity index (χ4n) is 1.66. The molecule has 0 saturated carbocycles. The minimum absolute atomic E-state index is 0.122. The van der Waals surface area contributed by atoms with Gasteiger partial charge in [0.25, 0.3) is 11.8 Å². The molecule has 0 bridgehead atoms. The average molecular weight is 325 g/mol. The first-order valence-electron chi connectivity index (χ1n) is 5.89.